The number of esters is 1. The largest absolute Gasteiger partial charge is 0.457 e. The lowest BCUT2D eigenvalue weighted by Crippen LogP contribution is -2.60. The van der Waals surface area contributed by atoms with Gasteiger partial charge in [-0.1, -0.05) is 69.0 Å². The average molecular weight is 494 g/mol. The third-order valence-electron chi connectivity index (χ3n) is 8.43. The number of nitrogens with one attached hydrogen (secondary N) is 1. The SMILES string of the molecule is C=C1[C@@H](C)[C@H]2[C@H](Cc3ccccc3)NC(=O)[C@@]23[C@H](OC(C)=O)/C=C\[C@](C)(O)C[C@@H](C)CC=C[C@H]3[C@@H]1O. The molecule has 194 valence electrons. The number of aliphatic hydroxyl groups is 2. The predicted molar refractivity (Wildman–Crippen MR) is 139 cm³/mol. The Labute approximate surface area is 214 Å². The van der Waals surface area contributed by atoms with Gasteiger partial charge in [0.2, 0.25) is 5.91 Å². The minimum Gasteiger partial charge on any atom is -0.457 e. The molecule has 4 rings (SSSR count). The summed E-state index contributed by atoms with van der Waals surface area (Å²) in [4.78, 5) is 26.5. The summed E-state index contributed by atoms with van der Waals surface area (Å²) in [5.41, 5.74) is -0.635. The van der Waals surface area contributed by atoms with E-state index < -0.39 is 35.1 Å². The van der Waals surface area contributed by atoms with Crippen LogP contribution in [0.5, 0.6) is 0 Å². The van der Waals surface area contributed by atoms with Crippen LogP contribution in [-0.4, -0.2) is 45.9 Å². The zero-order valence-corrected chi connectivity index (χ0v) is 21.7. The van der Waals surface area contributed by atoms with E-state index in [1.807, 2.05) is 49.4 Å². The van der Waals surface area contributed by atoms with Crippen molar-refractivity contribution in [1.82, 2.24) is 5.32 Å². The van der Waals surface area contributed by atoms with Gasteiger partial charge in [0.25, 0.3) is 0 Å². The second-order valence-electron chi connectivity index (χ2n) is 11.3. The number of benzene rings is 1. The quantitative estimate of drug-likeness (QED) is 0.440. The first-order valence-electron chi connectivity index (χ1n) is 12.9. The molecular weight excluding hydrogens is 454 g/mol. The van der Waals surface area contributed by atoms with Crippen molar-refractivity contribution < 1.29 is 24.5 Å². The van der Waals surface area contributed by atoms with E-state index >= 15 is 0 Å². The normalized spacial score (nSPS) is 41.4. The van der Waals surface area contributed by atoms with Crippen LogP contribution in [0.4, 0.5) is 0 Å². The van der Waals surface area contributed by atoms with Crippen LogP contribution in [0.1, 0.15) is 46.1 Å². The van der Waals surface area contributed by atoms with Crippen molar-refractivity contribution in [3.8, 4) is 0 Å². The predicted octanol–water partition coefficient (Wildman–Crippen LogP) is 3.74. The van der Waals surface area contributed by atoms with E-state index in [2.05, 4.69) is 18.8 Å². The Bertz CT molecular complexity index is 1060. The molecule has 0 unspecified atom stereocenters. The fourth-order valence-corrected chi connectivity index (χ4v) is 6.90. The first-order valence-corrected chi connectivity index (χ1v) is 12.9. The molecule has 1 aromatic carbocycles. The van der Waals surface area contributed by atoms with E-state index in [9.17, 15) is 19.8 Å². The molecule has 1 heterocycles. The van der Waals surface area contributed by atoms with E-state index in [0.717, 1.165) is 5.56 Å². The van der Waals surface area contributed by atoms with Crippen molar-refractivity contribution in [1.29, 1.82) is 0 Å². The maximum atomic E-state index is 14.2. The second-order valence-corrected chi connectivity index (χ2v) is 11.3. The minimum atomic E-state index is -1.26. The maximum absolute atomic E-state index is 14.2. The Morgan fingerprint density at radius 2 is 1.92 bits per heavy atom. The summed E-state index contributed by atoms with van der Waals surface area (Å²) in [5.74, 6) is -1.75. The average Bonchev–Trinajstić information content (AvgIpc) is 3.08. The number of rotatable bonds is 3. The van der Waals surface area contributed by atoms with Crippen molar-refractivity contribution in [2.45, 2.75) is 70.8 Å². The molecule has 3 aliphatic rings. The smallest absolute Gasteiger partial charge is 0.303 e. The van der Waals surface area contributed by atoms with Gasteiger partial charge in [-0.2, -0.15) is 0 Å². The Kier molecular flexibility index (Phi) is 7.31. The van der Waals surface area contributed by atoms with Gasteiger partial charge >= 0.3 is 5.97 Å². The van der Waals surface area contributed by atoms with E-state index in [1.54, 1.807) is 19.1 Å². The summed E-state index contributed by atoms with van der Waals surface area (Å²) in [7, 11) is 0. The molecule has 9 atom stereocenters. The molecule has 1 aromatic rings. The van der Waals surface area contributed by atoms with Gasteiger partial charge in [-0.25, -0.2) is 0 Å². The Hall–Kier alpha value is -2.70. The molecular formula is C30H39NO5. The van der Waals surface area contributed by atoms with Gasteiger partial charge in [-0.05, 0) is 55.2 Å². The molecule has 1 amide bonds. The highest BCUT2D eigenvalue weighted by Gasteiger charge is 2.68. The fraction of sp³-hybridized carbons (Fsp3) is 0.533. The van der Waals surface area contributed by atoms with Crippen molar-refractivity contribution >= 4 is 11.9 Å². The van der Waals surface area contributed by atoms with Crippen LogP contribution < -0.4 is 5.32 Å². The zero-order chi connectivity index (χ0) is 26.3. The van der Waals surface area contributed by atoms with Crippen LogP contribution in [0, 0.1) is 29.1 Å². The van der Waals surface area contributed by atoms with E-state index in [1.165, 1.54) is 6.92 Å². The van der Waals surface area contributed by atoms with E-state index in [-0.39, 0.29) is 29.7 Å². The van der Waals surface area contributed by atoms with E-state index in [0.29, 0.717) is 24.8 Å². The minimum absolute atomic E-state index is 0.170. The summed E-state index contributed by atoms with van der Waals surface area (Å²) in [6, 6.07) is 9.73. The van der Waals surface area contributed by atoms with E-state index in [4.69, 9.17) is 4.74 Å². The number of amides is 1. The van der Waals surface area contributed by atoms with Crippen LogP contribution in [0.2, 0.25) is 0 Å². The van der Waals surface area contributed by atoms with Crippen LogP contribution in [0.25, 0.3) is 0 Å². The zero-order valence-electron chi connectivity index (χ0n) is 21.7. The standard InChI is InChI=1S/C30H39NO5/c1-18-10-9-13-23-27(33)20(3)19(2)26-24(16-22-11-7-6-8-12-22)31-28(34)30(23,26)25(36-21(4)32)14-15-29(5,35)17-18/h6-9,11-15,18-19,23-27,33,35H,3,10,16-17H2,1-2,4-5H3,(H,31,34)/b13-9?,15-14-/t18-,19+,23-,24-,25+,26-,27+,29-,30-/m0/s1. The van der Waals surface area contributed by atoms with Crippen molar-refractivity contribution in [2.75, 3.05) is 0 Å². The summed E-state index contributed by atoms with van der Waals surface area (Å²) in [5, 5.41) is 25.8. The van der Waals surface area contributed by atoms with Gasteiger partial charge < -0.3 is 20.3 Å². The molecule has 0 radical (unpaired) electrons. The number of hydrogen-bond acceptors (Lipinski definition) is 5. The summed E-state index contributed by atoms with van der Waals surface area (Å²) in [6.07, 6.45) is 7.09. The fourth-order valence-electron chi connectivity index (χ4n) is 6.90. The molecule has 6 heteroatoms. The summed E-state index contributed by atoms with van der Waals surface area (Å²) >= 11 is 0. The first kappa shape index (κ1) is 26.4. The lowest BCUT2D eigenvalue weighted by molar-refractivity contribution is -0.166. The molecule has 1 saturated heterocycles. The number of carbonyl (C=O) groups excluding carboxylic acids is 2. The van der Waals surface area contributed by atoms with Gasteiger partial charge in [-0.15, -0.1) is 0 Å². The molecule has 36 heavy (non-hydrogen) atoms. The van der Waals surface area contributed by atoms with Crippen LogP contribution in [0.15, 0.2) is 66.8 Å². The third-order valence-corrected chi connectivity index (χ3v) is 8.43. The highest BCUT2D eigenvalue weighted by molar-refractivity contribution is 5.89. The number of allylic oxidation sites excluding steroid dienone is 1. The second kappa shape index (κ2) is 9.98. The van der Waals surface area contributed by atoms with Gasteiger partial charge in [0.15, 0.2) is 0 Å². The topological polar surface area (TPSA) is 95.9 Å². The maximum Gasteiger partial charge on any atom is 0.303 e. The Morgan fingerprint density at radius 3 is 2.58 bits per heavy atom. The lowest BCUT2D eigenvalue weighted by atomic mass is 9.51. The van der Waals surface area contributed by atoms with Crippen molar-refractivity contribution in [2.24, 2.45) is 29.1 Å². The molecule has 2 aliphatic carbocycles. The Morgan fingerprint density at radius 1 is 1.22 bits per heavy atom. The van der Waals surface area contributed by atoms with Crippen molar-refractivity contribution in [3.05, 3.63) is 72.4 Å². The Balaban J connectivity index is 1.92. The summed E-state index contributed by atoms with van der Waals surface area (Å²) < 4.78 is 5.89. The molecule has 0 aromatic heterocycles. The van der Waals surface area contributed by atoms with Crippen LogP contribution >= 0.6 is 0 Å². The molecule has 1 saturated carbocycles. The van der Waals surface area contributed by atoms with Gasteiger partial charge in [0.05, 0.1) is 11.7 Å². The van der Waals surface area contributed by atoms with Crippen LogP contribution in [-0.2, 0) is 20.7 Å². The number of aliphatic hydroxyl groups excluding tert-OH is 1. The highest BCUT2D eigenvalue weighted by Crippen LogP contribution is 2.58. The third kappa shape index (κ3) is 4.69. The monoisotopic (exact) mass is 493 g/mol. The molecule has 1 aliphatic heterocycles. The van der Waals surface area contributed by atoms with Crippen LogP contribution in [0.3, 0.4) is 0 Å². The first-order chi connectivity index (χ1) is 17.0. The molecule has 6 nitrogen and oxygen atoms in total. The summed E-state index contributed by atoms with van der Waals surface area (Å²) in [6.45, 7) is 11.3. The van der Waals surface area contributed by atoms with Gasteiger partial charge in [-0.3, -0.25) is 9.59 Å². The molecule has 2 fully saturated rings. The molecule has 1 spiro atoms. The van der Waals surface area contributed by atoms with Gasteiger partial charge in [0.1, 0.15) is 11.5 Å². The lowest BCUT2D eigenvalue weighted by Gasteiger charge is -2.52. The number of ether oxygens (including phenoxy) is 1. The molecule has 0 bridgehead atoms. The van der Waals surface area contributed by atoms with Gasteiger partial charge in [0, 0.05) is 24.8 Å². The molecule has 3 N–H and O–H groups in total. The van der Waals surface area contributed by atoms with Crippen molar-refractivity contribution in [3.63, 3.8) is 0 Å². The number of carbonyl (C=O) groups is 2. The number of hydrogen-bond donors (Lipinski definition) is 3. The highest BCUT2D eigenvalue weighted by atomic mass is 16.5.